The van der Waals surface area contributed by atoms with Crippen molar-refractivity contribution in [1.29, 1.82) is 0 Å². The summed E-state index contributed by atoms with van der Waals surface area (Å²) >= 11 is 0. The zero-order valence-corrected chi connectivity index (χ0v) is 22.6. The van der Waals surface area contributed by atoms with Gasteiger partial charge < -0.3 is 24.4 Å². The maximum absolute atomic E-state index is 13.7. The molecule has 2 aliphatic rings. The van der Waals surface area contributed by atoms with Gasteiger partial charge in [-0.05, 0) is 104 Å². The highest BCUT2D eigenvalue weighted by Crippen LogP contribution is 2.36. The van der Waals surface area contributed by atoms with Gasteiger partial charge in [-0.2, -0.15) is 0 Å². The predicted octanol–water partition coefficient (Wildman–Crippen LogP) is 5.60. The van der Waals surface area contributed by atoms with Crippen LogP contribution in [0.1, 0.15) is 59.3 Å². The summed E-state index contributed by atoms with van der Waals surface area (Å²) in [5.41, 5.74) is 4.25. The molecule has 1 saturated heterocycles. The van der Waals surface area contributed by atoms with Crippen LogP contribution in [0.4, 0.5) is 0 Å². The standard InChI is InChI=1S/C32H38N2O4/c1-22(30-6-4-5-18-33-30)38-27-11-7-23(8-12-27)20-31-29-16-15-28(37-3)21-25(29)17-19-34(31)32(35)24-9-13-26(36-2)14-10-24/h7-16,21-22,30-31,33H,4-6,17-20H2,1-3H3. The first kappa shape index (κ1) is 26.1. The highest BCUT2D eigenvalue weighted by atomic mass is 16.5. The minimum absolute atomic E-state index is 0.0351. The van der Waals surface area contributed by atoms with Crippen molar-refractivity contribution in [1.82, 2.24) is 10.2 Å². The molecule has 0 bridgehead atoms. The average molecular weight is 515 g/mol. The lowest BCUT2D eigenvalue weighted by Crippen LogP contribution is -2.44. The van der Waals surface area contributed by atoms with Gasteiger partial charge in [-0.25, -0.2) is 0 Å². The summed E-state index contributed by atoms with van der Waals surface area (Å²) in [5.74, 6) is 2.51. The molecule has 38 heavy (non-hydrogen) atoms. The van der Waals surface area contributed by atoms with Gasteiger partial charge in [0.15, 0.2) is 0 Å². The van der Waals surface area contributed by atoms with Crippen LogP contribution in [0.25, 0.3) is 0 Å². The summed E-state index contributed by atoms with van der Waals surface area (Å²) in [5, 5.41) is 3.58. The molecule has 3 aromatic carbocycles. The number of carbonyl (C=O) groups is 1. The number of piperidine rings is 1. The average Bonchev–Trinajstić information content (AvgIpc) is 2.98. The van der Waals surface area contributed by atoms with Crippen LogP contribution in [0.2, 0.25) is 0 Å². The molecule has 5 rings (SSSR count). The van der Waals surface area contributed by atoms with Crippen LogP contribution in [-0.2, 0) is 12.8 Å². The molecule has 1 fully saturated rings. The van der Waals surface area contributed by atoms with E-state index in [1.165, 1.54) is 29.5 Å². The first-order valence-corrected chi connectivity index (χ1v) is 13.7. The topological polar surface area (TPSA) is 60.0 Å². The van der Waals surface area contributed by atoms with E-state index in [1.54, 1.807) is 14.2 Å². The number of amides is 1. The van der Waals surface area contributed by atoms with E-state index in [0.717, 1.165) is 43.1 Å². The highest BCUT2D eigenvalue weighted by Gasteiger charge is 2.32. The van der Waals surface area contributed by atoms with Gasteiger partial charge in [0.2, 0.25) is 0 Å². The van der Waals surface area contributed by atoms with Crippen LogP contribution in [-0.4, -0.2) is 50.3 Å². The smallest absolute Gasteiger partial charge is 0.254 e. The predicted molar refractivity (Wildman–Crippen MR) is 149 cm³/mol. The van der Waals surface area contributed by atoms with Gasteiger partial charge in [-0.1, -0.05) is 24.6 Å². The normalized spacial score (nSPS) is 19.8. The van der Waals surface area contributed by atoms with Crippen LogP contribution in [0.5, 0.6) is 17.2 Å². The second-order valence-corrected chi connectivity index (χ2v) is 10.3. The summed E-state index contributed by atoms with van der Waals surface area (Å²) in [6.07, 6.45) is 5.30. The Kier molecular flexibility index (Phi) is 8.18. The monoisotopic (exact) mass is 514 g/mol. The zero-order valence-electron chi connectivity index (χ0n) is 22.6. The summed E-state index contributed by atoms with van der Waals surface area (Å²) in [4.78, 5) is 15.7. The van der Waals surface area contributed by atoms with Gasteiger partial charge in [0.1, 0.15) is 23.4 Å². The van der Waals surface area contributed by atoms with E-state index in [4.69, 9.17) is 14.2 Å². The van der Waals surface area contributed by atoms with Crippen LogP contribution in [0, 0.1) is 0 Å². The molecule has 0 radical (unpaired) electrons. The summed E-state index contributed by atoms with van der Waals surface area (Å²) in [6, 6.07) is 22.3. The van der Waals surface area contributed by atoms with Crippen molar-refractivity contribution < 1.29 is 19.0 Å². The van der Waals surface area contributed by atoms with Gasteiger partial charge in [-0.15, -0.1) is 0 Å². The number of rotatable bonds is 8. The molecule has 2 aliphatic heterocycles. The van der Waals surface area contributed by atoms with Crippen LogP contribution in [0.15, 0.2) is 66.7 Å². The lowest BCUT2D eigenvalue weighted by atomic mass is 9.88. The molecule has 0 spiro atoms. The van der Waals surface area contributed by atoms with Gasteiger partial charge in [0.25, 0.3) is 5.91 Å². The molecule has 3 unspecified atom stereocenters. The van der Waals surface area contributed by atoms with E-state index >= 15 is 0 Å². The molecule has 1 amide bonds. The third-order valence-corrected chi connectivity index (χ3v) is 7.89. The number of methoxy groups -OCH3 is 2. The molecule has 0 aromatic heterocycles. The molecule has 3 aromatic rings. The molecule has 6 nitrogen and oxygen atoms in total. The van der Waals surface area contributed by atoms with Gasteiger partial charge in [-0.3, -0.25) is 4.79 Å². The lowest BCUT2D eigenvalue weighted by Gasteiger charge is -2.38. The Morgan fingerprint density at radius 1 is 0.947 bits per heavy atom. The first-order chi connectivity index (χ1) is 18.6. The second-order valence-electron chi connectivity index (χ2n) is 10.3. The molecule has 3 atom stereocenters. The number of hydrogen-bond acceptors (Lipinski definition) is 5. The number of fused-ring (bicyclic) bond motifs is 1. The third kappa shape index (κ3) is 5.81. The van der Waals surface area contributed by atoms with Crippen molar-refractivity contribution in [2.24, 2.45) is 0 Å². The van der Waals surface area contributed by atoms with Crippen LogP contribution < -0.4 is 19.5 Å². The maximum atomic E-state index is 13.7. The van der Waals surface area contributed by atoms with Crippen LogP contribution in [0.3, 0.4) is 0 Å². The summed E-state index contributed by atoms with van der Waals surface area (Å²) in [7, 11) is 3.32. The zero-order chi connectivity index (χ0) is 26.5. The molecule has 200 valence electrons. The largest absolute Gasteiger partial charge is 0.497 e. The van der Waals surface area contributed by atoms with Crippen molar-refractivity contribution in [3.8, 4) is 17.2 Å². The van der Waals surface area contributed by atoms with Crippen molar-refractivity contribution in [2.45, 2.75) is 57.2 Å². The molecular weight excluding hydrogens is 476 g/mol. The molecule has 6 heteroatoms. The van der Waals surface area contributed by atoms with E-state index in [-0.39, 0.29) is 18.1 Å². The van der Waals surface area contributed by atoms with E-state index in [2.05, 4.69) is 48.6 Å². The van der Waals surface area contributed by atoms with Crippen molar-refractivity contribution in [2.75, 3.05) is 27.3 Å². The fourth-order valence-electron chi connectivity index (χ4n) is 5.68. The van der Waals surface area contributed by atoms with Crippen molar-refractivity contribution >= 4 is 5.91 Å². The second kappa shape index (κ2) is 11.9. The van der Waals surface area contributed by atoms with E-state index in [1.807, 2.05) is 35.2 Å². The Balaban J connectivity index is 1.36. The Bertz CT molecular complexity index is 1220. The number of carbonyl (C=O) groups excluding carboxylic acids is 1. The van der Waals surface area contributed by atoms with E-state index < -0.39 is 0 Å². The molecule has 1 N–H and O–H groups in total. The number of nitrogens with zero attached hydrogens (tertiary/aromatic N) is 1. The fourth-order valence-corrected chi connectivity index (χ4v) is 5.68. The quantitative estimate of drug-likeness (QED) is 0.424. The number of hydrogen-bond donors (Lipinski definition) is 1. The minimum atomic E-state index is -0.0728. The Hall–Kier alpha value is -3.51. The van der Waals surface area contributed by atoms with Gasteiger partial charge >= 0.3 is 0 Å². The number of ether oxygens (including phenoxy) is 3. The Morgan fingerprint density at radius 3 is 2.34 bits per heavy atom. The highest BCUT2D eigenvalue weighted by molar-refractivity contribution is 5.94. The number of nitrogens with one attached hydrogen (secondary N) is 1. The molecule has 0 aliphatic carbocycles. The molecule has 2 heterocycles. The third-order valence-electron chi connectivity index (χ3n) is 7.89. The van der Waals surface area contributed by atoms with E-state index in [9.17, 15) is 4.79 Å². The fraction of sp³-hybridized carbons (Fsp3) is 0.406. The van der Waals surface area contributed by atoms with Crippen LogP contribution >= 0.6 is 0 Å². The van der Waals surface area contributed by atoms with Gasteiger partial charge in [0.05, 0.1) is 20.3 Å². The van der Waals surface area contributed by atoms with Crippen molar-refractivity contribution in [3.63, 3.8) is 0 Å². The summed E-state index contributed by atoms with van der Waals surface area (Å²) < 4.78 is 17.0. The summed E-state index contributed by atoms with van der Waals surface area (Å²) in [6.45, 7) is 3.87. The van der Waals surface area contributed by atoms with Gasteiger partial charge in [0, 0.05) is 18.2 Å². The molecular formula is C32H38N2O4. The maximum Gasteiger partial charge on any atom is 0.254 e. The minimum Gasteiger partial charge on any atom is -0.497 e. The molecule has 0 saturated carbocycles. The SMILES string of the molecule is COc1ccc(C(=O)N2CCc3cc(OC)ccc3C2Cc2ccc(OC(C)C3CCCCN3)cc2)cc1. The Labute approximate surface area is 225 Å². The Morgan fingerprint density at radius 2 is 1.66 bits per heavy atom. The van der Waals surface area contributed by atoms with E-state index in [0.29, 0.717) is 18.2 Å². The van der Waals surface area contributed by atoms with Crippen molar-refractivity contribution in [3.05, 3.63) is 89.0 Å². The first-order valence-electron chi connectivity index (χ1n) is 13.7. The number of benzene rings is 3. The lowest BCUT2D eigenvalue weighted by molar-refractivity contribution is 0.0660.